The van der Waals surface area contributed by atoms with Crippen LogP contribution < -0.4 is 5.32 Å². The Morgan fingerprint density at radius 2 is 1.89 bits per heavy atom. The zero-order chi connectivity index (χ0) is 13.7. The average molecular weight is 273 g/mol. The molecule has 4 heteroatoms. The van der Waals surface area contributed by atoms with Crippen LogP contribution in [0.15, 0.2) is 41.3 Å². The van der Waals surface area contributed by atoms with Crippen molar-refractivity contribution < 1.29 is 0 Å². The number of nitrogens with zero attached hydrogens (tertiary/aromatic N) is 2. The second-order valence-corrected chi connectivity index (χ2v) is 6.08. The van der Waals surface area contributed by atoms with E-state index >= 15 is 0 Å². The molecule has 1 N–H and O–H groups in total. The highest BCUT2D eigenvalue weighted by atomic mass is 32.2. The maximum Gasteiger partial charge on any atom is 0.129 e. The van der Waals surface area contributed by atoms with E-state index < -0.39 is 0 Å². The van der Waals surface area contributed by atoms with E-state index in [1.54, 1.807) is 0 Å². The molecule has 3 nitrogen and oxygen atoms in total. The molecule has 1 aromatic carbocycles. The van der Waals surface area contributed by atoms with Crippen molar-refractivity contribution in [1.82, 2.24) is 9.97 Å². The minimum absolute atomic E-state index is 0.484. The number of nitrogens with one attached hydrogen (secondary N) is 1. The summed E-state index contributed by atoms with van der Waals surface area (Å²) < 4.78 is 0. The van der Waals surface area contributed by atoms with Crippen LogP contribution >= 0.6 is 11.8 Å². The molecule has 0 aliphatic rings. The van der Waals surface area contributed by atoms with E-state index in [0.29, 0.717) is 5.25 Å². The molecule has 0 radical (unpaired) electrons. The topological polar surface area (TPSA) is 37.8 Å². The van der Waals surface area contributed by atoms with Crippen molar-refractivity contribution in [2.75, 3.05) is 11.9 Å². The molecule has 19 heavy (non-hydrogen) atoms. The molecule has 0 bridgehead atoms. The molecule has 1 heterocycles. The Balaban J connectivity index is 1.88. The predicted octanol–water partition coefficient (Wildman–Crippen LogP) is 3.69. The Hall–Kier alpha value is -1.55. The van der Waals surface area contributed by atoms with Gasteiger partial charge in [0.05, 0.1) is 0 Å². The smallest absolute Gasteiger partial charge is 0.129 e. The molecule has 2 rings (SSSR count). The minimum Gasteiger partial charge on any atom is -0.369 e. The van der Waals surface area contributed by atoms with Gasteiger partial charge in [-0.2, -0.15) is 0 Å². The zero-order valence-corrected chi connectivity index (χ0v) is 12.4. The molecule has 0 saturated carbocycles. The number of hydrogen-bond donors (Lipinski definition) is 1. The van der Waals surface area contributed by atoms with Crippen LogP contribution in [0, 0.1) is 13.8 Å². The first-order chi connectivity index (χ1) is 9.13. The van der Waals surface area contributed by atoms with E-state index in [-0.39, 0.29) is 0 Å². The number of aromatic nitrogens is 2. The van der Waals surface area contributed by atoms with E-state index in [4.69, 9.17) is 0 Å². The van der Waals surface area contributed by atoms with Crippen molar-refractivity contribution in [2.45, 2.75) is 30.9 Å². The zero-order valence-electron chi connectivity index (χ0n) is 11.6. The lowest BCUT2D eigenvalue weighted by atomic mass is 10.4. The van der Waals surface area contributed by atoms with Crippen LogP contribution in [0.1, 0.15) is 18.4 Å². The second-order valence-electron chi connectivity index (χ2n) is 4.56. The summed E-state index contributed by atoms with van der Waals surface area (Å²) in [6.07, 6.45) is 0. The van der Waals surface area contributed by atoms with Gasteiger partial charge in [0.2, 0.25) is 0 Å². The maximum absolute atomic E-state index is 4.38. The van der Waals surface area contributed by atoms with Gasteiger partial charge in [-0.15, -0.1) is 11.8 Å². The molecule has 100 valence electrons. The lowest BCUT2D eigenvalue weighted by molar-refractivity contribution is 0.957. The highest BCUT2D eigenvalue weighted by molar-refractivity contribution is 8.00. The van der Waals surface area contributed by atoms with Crippen LogP contribution in [-0.4, -0.2) is 21.8 Å². The molecule has 0 spiro atoms. The van der Waals surface area contributed by atoms with Gasteiger partial charge in [0.25, 0.3) is 0 Å². The van der Waals surface area contributed by atoms with Crippen LogP contribution in [0.4, 0.5) is 5.82 Å². The molecule has 0 aliphatic heterocycles. The Kier molecular flexibility index (Phi) is 4.80. The molecular weight excluding hydrogens is 254 g/mol. The largest absolute Gasteiger partial charge is 0.369 e. The summed E-state index contributed by atoms with van der Waals surface area (Å²) in [6.45, 7) is 7.00. The summed E-state index contributed by atoms with van der Waals surface area (Å²) in [5.74, 6) is 1.72. The fraction of sp³-hybridized carbons (Fsp3) is 0.333. The Morgan fingerprint density at radius 1 is 1.16 bits per heavy atom. The van der Waals surface area contributed by atoms with Crippen LogP contribution in [0.2, 0.25) is 0 Å². The van der Waals surface area contributed by atoms with Gasteiger partial charge in [-0.05, 0) is 26.0 Å². The van der Waals surface area contributed by atoms with Crippen molar-refractivity contribution in [1.29, 1.82) is 0 Å². The van der Waals surface area contributed by atoms with E-state index in [2.05, 4.69) is 46.5 Å². The number of anilines is 1. The highest BCUT2D eigenvalue weighted by Gasteiger charge is 2.05. The molecule has 0 amide bonds. The molecule has 0 fully saturated rings. The number of benzene rings is 1. The SMILES string of the molecule is Cc1cc(NCC(C)Sc2ccccc2)nc(C)n1. The summed E-state index contributed by atoms with van der Waals surface area (Å²) in [6, 6.07) is 12.4. The fourth-order valence-electron chi connectivity index (χ4n) is 1.83. The molecule has 2 aromatic rings. The molecule has 1 aromatic heterocycles. The maximum atomic E-state index is 4.38. The second kappa shape index (κ2) is 6.57. The highest BCUT2D eigenvalue weighted by Crippen LogP contribution is 2.22. The van der Waals surface area contributed by atoms with E-state index in [0.717, 1.165) is 23.9 Å². The van der Waals surface area contributed by atoms with E-state index in [9.17, 15) is 0 Å². The minimum atomic E-state index is 0.484. The first-order valence-electron chi connectivity index (χ1n) is 6.41. The Morgan fingerprint density at radius 3 is 2.58 bits per heavy atom. The van der Waals surface area contributed by atoms with Crippen molar-refractivity contribution in [3.63, 3.8) is 0 Å². The molecule has 0 saturated heterocycles. The first-order valence-corrected chi connectivity index (χ1v) is 7.29. The van der Waals surface area contributed by atoms with Gasteiger partial charge in [-0.3, -0.25) is 0 Å². The monoisotopic (exact) mass is 273 g/mol. The molecule has 0 aliphatic carbocycles. The number of hydrogen-bond acceptors (Lipinski definition) is 4. The molecule has 1 unspecified atom stereocenters. The third-order valence-corrected chi connectivity index (χ3v) is 3.73. The lowest BCUT2D eigenvalue weighted by Gasteiger charge is -2.13. The average Bonchev–Trinajstić information content (AvgIpc) is 2.36. The van der Waals surface area contributed by atoms with Gasteiger partial charge in [0.15, 0.2) is 0 Å². The first kappa shape index (κ1) is 13.9. The van der Waals surface area contributed by atoms with Gasteiger partial charge < -0.3 is 5.32 Å². The van der Waals surface area contributed by atoms with Gasteiger partial charge in [-0.1, -0.05) is 25.1 Å². The third-order valence-electron chi connectivity index (χ3n) is 2.62. The van der Waals surface area contributed by atoms with Crippen LogP contribution in [0.3, 0.4) is 0 Å². The van der Waals surface area contributed by atoms with Gasteiger partial charge in [0.1, 0.15) is 11.6 Å². The van der Waals surface area contributed by atoms with Crippen molar-refractivity contribution in [3.8, 4) is 0 Å². The van der Waals surface area contributed by atoms with E-state index in [1.165, 1.54) is 4.90 Å². The number of aryl methyl sites for hydroxylation is 2. The van der Waals surface area contributed by atoms with Crippen LogP contribution in [-0.2, 0) is 0 Å². The number of thioether (sulfide) groups is 1. The van der Waals surface area contributed by atoms with Crippen LogP contribution in [0.25, 0.3) is 0 Å². The molecular formula is C15H19N3S. The van der Waals surface area contributed by atoms with Gasteiger partial charge >= 0.3 is 0 Å². The van der Waals surface area contributed by atoms with Crippen molar-refractivity contribution in [3.05, 3.63) is 47.9 Å². The normalized spacial score (nSPS) is 12.2. The van der Waals surface area contributed by atoms with E-state index in [1.807, 2.05) is 37.7 Å². The van der Waals surface area contributed by atoms with Crippen molar-refractivity contribution >= 4 is 17.6 Å². The number of rotatable bonds is 5. The summed E-state index contributed by atoms with van der Waals surface area (Å²) in [4.78, 5) is 9.95. The molecule has 1 atom stereocenters. The standard InChI is InChI=1S/C15H19N3S/c1-11-9-15(18-13(3)17-11)16-10-12(2)19-14-7-5-4-6-8-14/h4-9,12H,10H2,1-3H3,(H,16,17,18). The lowest BCUT2D eigenvalue weighted by Crippen LogP contribution is -2.14. The summed E-state index contributed by atoms with van der Waals surface area (Å²) in [7, 11) is 0. The van der Waals surface area contributed by atoms with Crippen molar-refractivity contribution in [2.24, 2.45) is 0 Å². The van der Waals surface area contributed by atoms with Crippen LogP contribution in [0.5, 0.6) is 0 Å². The summed E-state index contributed by atoms with van der Waals surface area (Å²) in [5.41, 5.74) is 0.998. The fourth-order valence-corrected chi connectivity index (χ4v) is 2.77. The van der Waals surface area contributed by atoms with Gasteiger partial charge in [0, 0.05) is 28.5 Å². The summed E-state index contributed by atoms with van der Waals surface area (Å²) in [5, 5.41) is 3.86. The third kappa shape index (κ3) is 4.56. The quantitative estimate of drug-likeness (QED) is 0.843. The Labute approximate surface area is 118 Å². The predicted molar refractivity (Wildman–Crippen MR) is 81.8 cm³/mol. The Bertz CT molecular complexity index is 508. The van der Waals surface area contributed by atoms with Gasteiger partial charge in [-0.25, -0.2) is 9.97 Å². The summed E-state index contributed by atoms with van der Waals surface area (Å²) >= 11 is 1.87.